The van der Waals surface area contributed by atoms with Crippen LogP contribution in [0.4, 0.5) is 0 Å². The molecule has 1 aliphatic heterocycles. The van der Waals surface area contributed by atoms with Gasteiger partial charge in [-0.3, -0.25) is 9.69 Å². The maximum atomic E-state index is 11.0. The quantitative estimate of drug-likeness (QED) is 0.897. The molecule has 0 aromatic heterocycles. The summed E-state index contributed by atoms with van der Waals surface area (Å²) in [6.07, 6.45) is 2.44. The number of benzene rings is 1. The van der Waals surface area contributed by atoms with E-state index in [1.165, 1.54) is 0 Å². The molecule has 1 aromatic carbocycles. The summed E-state index contributed by atoms with van der Waals surface area (Å²) >= 11 is 5.97. The zero-order valence-corrected chi connectivity index (χ0v) is 10.4. The lowest BCUT2D eigenvalue weighted by atomic mass is 10.0. The molecule has 0 saturated carbocycles. The van der Waals surface area contributed by atoms with Crippen molar-refractivity contribution in [2.24, 2.45) is 0 Å². The summed E-state index contributed by atoms with van der Waals surface area (Å²) in [6.45, 7) is 1.95. The van der Waals surface area contributed by atoms with Crippen LogP contribution in [0.3, 0.4) is 0 Å². The lowest BCUT2D eigenvalue weighted by Gasteiger charge is -2.26. The van der Waals surface area contributed by atoms with Crippen LogP contribution in [0.1, 0.15) is 30.9 Å². The average molecular weight is 254 g/mol. The molecular formula is C13H16ClNO2. The molecule has 1 aromatic rings. The van der Waals surface area contributed by atoms with Gasteiger partial charge in [0.25, 0.3) is 0 Å². The first-order valence-corrected chi connectivity index (χ1v) is 6.26. The van der Waals surface area contributed by atoms with E-state index >= 15 is 0 Å². The fraction of sp³-hybridized carbons (Fsp3) is 0.462. The number of carboxylic acid groups (broad SMARTS) is 1. The van der Waals surface area contributed by atoms with E-state index in [0.29, 0.717) is 5.02 Å². The molecule has 1 N–H and O–H groups in total. The van der Waals surface area contributed by atoms with E-state index in [9.17, 15) is 4.79 Å². The molecule has 0 radical (unpaired) electrons. The van der Waals surface area contributed by atoms with E-state index in [2.05, 4.69) is 4.90 Å². The van der Waals surface area contributed by atoms with Crippen LogP contribution in [0.25, 0.3) is 0 Å². The Morgan fingerprint density at radius 2 is 2.12 bits per heavy atom. The van der Waals surface area contributed by atoms with Crippen molar-refractivity contribution in [3.63, 3.8) is 0 Å². The molecule has 1 atom stereocenters. The molecule has 17 heavy (non-hydrogen) atoms. The minimum Gasteiger partial charge on any atom is -0.481 e. The lowest BCUT2D eigenvalue weighted by molar-refractivity contribution is -0.138. The van der Waals surface area contributed by atoms with Crippen molar-refractivity contribution in [2.75, 3.05) is 13.1 Å². The summed E-state index contributed by atoms with van der Waals surface area (Å²) < 4.78 is 0. The Balaban J connectivity index is 2.22. The maximum absolute atomic E-state index is 11.0. The minimum atomic E-state index is -0.762. The monoisotopic (exact) mass is 253 g/mol. The number of aliphatic carboxylic acids is 1. The topological polar surface area (TPSA) is 40.5 Å². The van der Waals surface area contributed by atoms with E-state index in [-0.39, 0.29) is 12.5 Å². The van der Waals surface area contributed by atoms with Crippen LogP contribution >= 0.6 is 11.6 Å². The summed E-state index contributed by atoms with van der Waals surface area (Å²) in [6, 6.07) is 7.47. The second-order valence-electron chi connectivity index (χ2n) is 4.41. The fourth-order valence-electron chi connectivity index (χ4n) is 2.39. The van der Waals surface area contributed by atoms with Gasteiger partial charge in [-0.25, -0.2) is 0 Å². The molecule has 92 valence electrons. The third-order valence-corrected chi connectivity index (χ3v) is 3.42. The van der Waals surface area contributed by atoms with Crippen molar-refractivity contribution in [1.29, 1.82) is 0 Å². The Labute approximate surface area is 106 Å². The van der Waals surface area contributed by atoms with Gasteiger partial charge in [-0.05, 0) is 43.6 Å². The molecular weight excluding hydrogens is 238 g/mol. The van der Waals surface area contributed by atoms with Gasteiger partial charge in [-0.2, -0.15) is 0 Å². The summed E-state index contributed by atoms with van der Waals surface area (Å²) in [4.78, 5) is 13.2. The van der Waals surface area contributed by atoms with Gasteiger partial charge in [0, 0.05) is 11.1 Å². The molecule has 0 aliphatic carbocycles. The largest absolute Gasteiger partial charge is 0.481 e. The maximum Gasteiger partial charge on any atom is 0.305 e. The van der Waals surface area contributed by atoms with Crippen LogP contribution in [0.2, 0.25) is 5.02 Å². The van der Waals surface area contributed by atoms with E-state index in [1.807, 2.05) is 24.3 Å². The summed E-state index contributed by atoms with van der Waals surface area (Å²) in [5.41, 5.74) is 1.00. The number of hydrogen-bond acceptors (Lipinski definition) is 2. The van der Waals surface area contributed by atoms with Crippen molar-refractivity contribution in [3.8, 4) is 0 Å². The van der Waals surface area contributed by atoms with Crippen LogP contribution in [-0.4, -0.2) is 29.1 Å². The first-order valence-electron chi connectivity index (χ1n) is 5.88. The highest BCUT2D eigenvalue weighted by molar-refractivity contribution is 6.30. The molecule has 2 rings (SSSR count). The lowest BCUT2D eigenvalue weighted by Crippen LogP contribution is -2.27. The Kier molecular flexibility index (Phi) is 4.02. The first-order chi connectivity index (χ1) is 8.16. The van der Waals surface area contributed by atoms with Gasteiger partial charge in [-0.15, -0.1) is 0 Å². The Hall–Kier alpha value is -1.06. The van der Waals surface area contributed by atoms with Gasteiger partial charge in [0.05, 0.1) is 6.42 Å². The zero-order valence-electron chi connectivity index (χ0n) is 9.60. The average Bonchev–Trinajstić information content (AvgIpc) is 2.79. The van der Waals surface area contributed by atoms with Crippen LogP contribution in [-0.2, 0) is 4.79 Å². The predicted octanol–water partition coefficient (Wildman–Crippen LogP) is 2.95. The predicted molar refractivity (Wildman–Crippen MR) is 67.3 cm³/mol. The van der Waals surface area contributed by atoms with Gasteiger partial charge < -0.3 is 5.11 Å². The van der Waals surface area contributed by atoms with Crippen LogP contribution < -0.4 is 0 Å². The van der Waals surface area contributed by atoms with E-state index in [1.54, 1.807) is 0 Å². The van der Waals surface area contributed by atoms with Gasteiger partial charge in [0.2, 0.25) is 0 Å². The number of halogens is 1. The highest BCUT2D eigenvalue weighted by Gasteiger charge is 2.25. The zero-order chi connectivity index (χ0) is 12.3. The van der Waals surface area contributed by atoms with Crippen LogP contribution in [0.5, 0.6) is 0 Å². The third-order valence-electron chi connectivity index (χ3n) is 3.18. The third kappa shape index (κ3) is 3.20. The highest BCUT2D eigenvalue weighted by Crippen LogP contribution is 2.29. The van der Waals surface area contributed by atoms with Crippen LogP contribution in [0, 0.1) is 0 Å². The minimum absolute atomic E-state index is 0.0475. The summed E-state index contributed by atoms with van der Waals surface area (Å²) in [5, 5.41) is 9.68. The SMILES string of the molecule is O=C(O)CC(c1cccc(Cl)c1)N1CCCC1. The van der Waals surface area contributed by atoms with Crippen molar-refractivity contribution in [2.45, 2.75) is 25.3 Å². The molecule has 1 aliphatic rings. The van der Waals surface area contributed by atoms with Gasteiger partial charge in [0.1, 0.15) is 0 Å². The van der Waals surface area contributed by atoms with Crippen molar-refractivity contribution < 1.29 is 9.90 Å². The Morgan fingerprint density at radius 3 is 2.71 bits per heavy atom. The number of carboxylic acids is 1. The molecule has 1 saturated heterocycles. The molecule has 0 bridgehead atoms. The Morgan fingerprint density at radius 1 is 1.41 bits per heavy atom. The number of nitrogens with zero attached hydrogens (tertiary/aromatic N) is 1. The number of hydrogen-bond donors (Lipinski definition) is 1. The molecule has 0 spiro atoms. The summed E-state index contributed by atoms with van der Waals surface area (Å²) in [7, 11) is 0. The second-order valence-corrected chi connectivity index (χ2v) is 4.85. The molecule has 1 fully saturated rings. The fourth-order valence-corrected chi connectivity index (χ4v) is 2.59. The molecule has 1 heterocycles. The standard InChI is InChI=1S/C13H16ClNO2/c14-11-5-3-4-10(8-11)12(9-13(16)17)15-6-1-2-7-15/h3-5,8,12H,1-2,6-7,9H2,(H,16,17). The first kappa shape index (κ1) is 12.4. The molecule has 3 nitrogen and oxygen atoms in total. The smallest absolute Gasteiger partial charge is 0.305 e. The number of carbonyl (C=O) groups is 1. The van der Waals surface area contributed by atoms with Gasteiger partial charge in [-0.1, -0.05) is 23.7 Å². The van der Waals surface area contributed by atoms with E-state index in [4.69, 9.17) is 16.7 Å². The molecule has 4 heteroatoms. The van der Waals surface area contributed by atoms with Gasteiger partial charge >= 0.3 is 5.97 Å². The van der Waals surface area contributed by atoms with Crippen molar-refractivity contribution in [3.05, 3.63) is 34.9 Å². The van der Waals surface area contributed by atoms with Gasteiger partial charge in [0.15, 0.2) is 0 Å². The number of rotatable bonds is 4. The van der Waals surface area contributed by atoms with Crippen LogP contribution in [0.15, 0.2) is 24.3 Å². The second kappa shape index (κ2) is 5.52. The van der Waals surface area contributed by atoms with Crippen molar-refractivity contribution >= 4 is 17.6 Å². The van der Waals surface area contributed by atoms with E-state index in [0.717, 1.165) is 31.5 Å². The van der Waals surface area contributed by atoms with E-state index < -0.39 is 5.97 Å². The molecule has 0 amide bonds. The summed E-state index contributed by atoms with van der Waals surface area (Å²) in [5.74, 6) is -0.762. The Bertz CT molecular complexity index is 402. The number of likely N-dealkylation sites (tertiary alicyclic amines) is 1. The molecule has 1 unspecified atom stereocenters. The van der Waals surface area contributed by atoms with Crippen molar-refractivity contribution in [1.82, 2.24) is 4.90 Å². The normalized spacial score (nSPS) is 18.2. The highest BCUT2D eigenvalue weighted by atomic mass is 35.5.